The molecule has 2 atom stereocenters. The number of nitrogens with zero attached hydrogens (tertiary/aromatic N) is 1. The molecule has 5 nitrogen and oxygen atoms in total. The monoisotopic (exact) mass is 295 g/mol. The van der Waals surface area contributed by atoms with Crippen LogP contribution in [0.5, 0.6) is 0 Å². The number of amides is 2. The standard InChI is InChI=1S/C16H29N3O2/c1-12(2)18-15(20)9-17-16(21)11-19-8-7-13-5-3-4-6-14(13)10-19/h12-14H,3-11H2,1-2H3,(H,17,21)(H,18,20)/t13-,14+/m0/s1. The Bertz CT molecular complexity index is 371. The zero-order valence-corrected chi connectivity index (χ0v) is 13.4. The molecule has 1 heterocycles. The summed E-state index contributed by atoms with van der Waals surface area (Å²) in [7, 11) is 0. The van der Waals surface area contributed by atoms with Gasteiger partial charge in [-0.15, -0.1) is 0 Å². The Morgan fingerprint density at radius 1 is 1.10 bits per heavy atom. The van der Waals surface area contributed by atoms with E-state index in [4.69, 9.17) is 0 Å². The van der Waals surface area contributed by atoms with E-state index in [-0.39, 0.29) is 24.4 Å². The van der Waals surface area contributed by atoms with Crippen molar-refractivity contribution in [1.29, 1.82) is 0 Å². The second kappa shape index (κ2) is 7.78. The molecule has 0 bridgehead atoms. The Morgan fingerprint density at radius 2 is 1.81 bits per heavy atom. The number of carbonyl (C=O) groups excluding carboxylic acids is 2. The summed E-state index contributed by atoms with van der Waals surface area (Å²) in [4.78, 5) is 25.7. The van der Waals surface area contributed by atoms with Crippen molar-refractivity contribution in [3.8, 4) is 0 Å². The minimum Gasteiger partial charge on any atom is -0.352 e. The first kappa shape index (κ1) is 16.3. The molecule has 0 unspecified atom stereocenters. The smallest absolute Gasteiger partial charge is 0.239 e. The molecular weight excluding hydrogens is 266 g/mol. The third-order valence-electron chi connectivity index (χ3n) is 4.64. The number of rotatable bonds is 5. The molecular formula is C16H29N3O2. The molecule has 5 heteroatoms. The largest absolute Gasteiger partial charge is 0.352 e. The van der Waals surface area contributed by atoms with E-state index in [1.165, 1.54) is 32.1 Å². The van der Waals surface area contributed by atoms with Gasteiger partial charge in [-0.2, -0.15) is 0 Å². The lowest BCUT2D eigenvalue weighted by atomic mass is 9.75. The molecule has 0 radical (unpaired) electrons. The van der Waals surface area contributed by atoms with Crippen molar-refractivity contribution in [2.75, 3.05) is 26.2 Å². The molecule has 1 aliphatic carbocycles. The van der Waals surface area contributed by atoms with E-state index in [9.17, 15) is 9.59 Å². The molecule has 2 aliphatic rings. The molecule has 120 valence electrons. The minimum absolute atomic E-state index is 0.0387. The van der Waals surface area contributed by atoms with Gasteiger partial charge in [0, 0.05) is 12.6 Å². The molecule has 21 heavy (non-hydrogen) atoms. The van der Waals surface area contributed by atoms with E-state index in [0.717, 1.165) is 24.9 Å². The van der Waals surface area contributed by atoms with Crippen LogP contribution in [0.15, 0.2) is 0 Å². The SMILES string of the molecule is CC(C)NC(=O)CNC(=O)CN1CC[C@@H]2CCCC[C@@H]2C1. The van der Waals surface area contributed by atoms with Gasteiger partial charge in [-0.3, -0.25) is 14.5 Å². The summed E-state index contributed by atoms with van der Waals surface area (Å²) in [6.45, 7) is 6.40. The summed E-state index contributed by atoms with van der Waals surface area (Å²) in [6, 6.07) is 0.111. The molecule has 2 fully saturated rings. The molecule has 0 aromatic carbocycles. The number of hydrogen-bond acceptors (Lipinski definition) is 3. The second-order valence-electron chi connectivity index (χ2n) is 6.83. The van der Waals surface area contributed by atoms with Crippen molar-refractivity contribution >= 4 is 11.8 Å². The average molecular weight is 295 g/mol. The van der Waals surface area contributed by atoms with Gasteiger partial charge in [-0.05, 0) is 45.1 Å². The van der Waals surface area contributed by atoms with Gasteiger partial charge in [-0.25, -0.2) is 0 Å². The fourth-order valence-corrected chi connectivity index (χ4v) is 3.63. The lowest BCUT2D eigenvalue weighted by Gasteiger charge is -2.41. The number of fused-ring (bicyclic) bond motifs is 1. The predicted octanol–water partition coefficient (Wildman–Crippen LogP) is 1.14. The van der Waals surface area contributed by atoms with Gasteiger partial charge in [0.25, 0.3) is 0 Å². The zero-order valence-electron chi connectivity index (χ0n) is 13.4. The molecule has 1 saturated heterocycles. The zero-order chi connectivity index (χ0) is 15.2. The van der Waals surface area contributed by atoms with Gasteiger partial charge in [0.05, 0.1) is 13.1 Å². The highest BCUT2D eigenvalue weighted by atomic mass is 16.2. The van der Waals surface area contributed by atoms with E-state index >= 15 is 0 Å². The van der Waals surface area contributed by atoms with Crippen LogP contribution in [-0.4, -0.2) is 48.9 Å². The topological polar surface area (TPSA) is 61.4 Å². The average Bonchev–Trinajstić information content (AvgIpc) is 2.44. The first-order chi connectivity index (χ1) is 10.0. The Balaban J connectivity index is 1.67. The van der Waals surface area contributed by atoms with Crippen LogP contribution < -0.4 is 10.6 Å². The normalized spacial score (nSPS) is 26.2. The Labute approximate surface area is 127 Å². The summed E-state index contributed by atoms with van der Waals surface area (Å²) in [5.74, 6) is 1.51. The van der Waals surface area contributed by atoms with Crippen LogP contribution >= 0.6 is 0 Å². The predicted molar refractivity (Wildman–Crippen MR) is 82.8 cm³/mol. The van der Waals surface area contributed by atoms with Gasteiger partial charge >= 0.3 is 0 Å². The van der Waals surface area contributed by atoms with Crippen LogP contribution in [0.1, 0.15) is 46.0 Å². The number of piperidine rings is 1. The van der Waals surface area contributed by atoms with Gasteiger partial charge in [0.1, 0.15) is 0 Å². The number of hydrogen-bond donors (Lipinski definition) is 2. The first-order valence-corrected chi connectivity index (χ1v) is 8.33. The fraction of sp³-hybridized carbons (Fsp3) is 0.875. The molecule has 0 spiro atoms. The van der Waals surface area contributed by atoms with Gasteiger partial charge in [-0.1, -0.05) is 19.3 Å². The highest BCUT2D eigenvalue weighted by molar-refractivity contribution is 5.85. The first-order valence-electron chi connectivity index (χ1n) is 8.33. The summed E-state index contributed by atoms with van der Waals surface area (Å²) >= 11 is 0. The number of nitrogens with one attached hydrogen (secondary N) is 2. The van der Waals surface area contributed by atoms with Gasteiger partial charge < -0.3 is 10.6 Å². The van der Waals surface area contributed by atoms with E-state index in [1.54, 1.807) is 0 Å². The summed E-state index contributed by atoms with van der Waals surface area (Å²) in [6.07, 6.45) is 6.65. The van der Waals surface area contributed by atoms with Crippen LogP contribution in [0.2, 0.25) is 0 Å². The third-order valence-corrected chi connectivity index (χ3v) is 4.64. The number of carbonyl (C=O) groups is 2. The maximum absolute atomic E-state index is 11.9. The maximum atomic E-state index is 11.9. The Hall–Kier alpha value is -1.10. The second-order valence-corrected chi connectivity index (χ2v) is 6.83. The van der Waals surface area contributed by atoms with Crippen LogP contribution in [0.25, 0.3) is 0 Å². The van der Waals surface area contributed by atoms with E-state index in [0.29, 0.717) is 6.54 Å². The maximum Gasteiger partial charge on any atom is 0.239 e. The number of likely N-dealkylation sites (tertiary alicyclic amines) is 1. The quantitative estimate of drug-likeness (QED) is 0.799. The summed E-state index contributed by atoms with van der Waals surface area (Å²) < 4.78 is 0. The van der Waals surface area contributed by atoms with Crippen molar-refractivity contribution in [3.63, 3.8) is 0 Å². The molecule has 1 saturated carbocycles. The van der Waals surface area contributed by atoms with E-state index in [2.05, 4.69) is 15.5 Å². The van der Waals surface area contributed by atoms with Crippen molar-refractivity contribution in [2.45, 2.75) is 52.0 Å². The van der Waals surface area contributed by atoms with E-state index in [1.807, 2.05) is 13.8 Å². The van der Waals surface area contributed by atoms with Crippen LogP contribution in [-0.2, 0) is 9.59 Å². The molecule has 2 rings (SSSR count). The fourth-order valence-electron chi connectivity index (χ4n) is 3.63. The summed E-state index contributed by atoms with van der Waals surface area (Å²) in [5, 5.41) is 5.49. The van der Waals surface area contributed by atoms with Gasteiger partial charge in [0.2, 0.25) is 11.8 Å². The molecule has 2 amide bonds. The van der Waals surface area contributed by atoms with E-state index < -0.39 is 0 Å². The Morgan fingerprint density at radius 3 is 2.52 bits per heavy atom. The third kappa shape index (κ3) is 5.30. The molecule has 0 aromatic rings. The Kier molecular flexibility index (Phi) is 6.03. The van der Waals surface area contributed by atoms with Crippen molar-refractivity contribution < 1.29 is 9.59 Å². The highest BCUT2D eigenvalue weighted by Gasteiger charge is 2.31. The van der Waals surface area contributed by atoms with Crippen LogP contribution in [0, 0.1) is 11.8 Å². The molecule has 2 N–H and O–H groups in total. The highest BCUT2D eigenvalue weighted by Crippen LogP contribution is 2.35. The minimum atomic E-state index is -0.121. The lowest BCUT2D eigenvalue weighted by molar-refractivity contribution is -0.127. The lowest BCUT2D eigenvalue weighted by Crippen LogP contribution is -2.47. The van der Waals surface area contributed by atoms with Gasteiger partial charge in [0.15, 0.2) is 0 Å². The van der Waals surface area contributed by atoms with Crippen molar-refractivity contribution in [1.82, 2.24) is 15.5 Å². The molecule has 0 aromatic heterocycles. The van der Waals surface area contributed by atoms with Crippen LogP contribution in [0.4, 0.5) is 0 Å². The van der Waals surface area contributed by atoms with Crippen molar-refractivity contribution in [3.05, 3.63) is 0 Å². The summed E-state index contributed by atoms with van der Waals surface area (Å²) in [5.41, 5.74) is 0. The molecule has 1 aliphatic heterocycles. The van der Waals surface area contributed by atoms with Crippen molar-refractivity contribution in [2.24, 2.45) is 11.8 Å². The van der Waals surface area contributed by atoms with Crippen LogP contribution in [0.3, 0.4) is 0 Å².